The molecular formula is C14H29NOS. The molecule has 0 amide bonds. The van der Waals surface area contributed by atoms with Crippen molar-refractivity contribution in [3.8, 4) is 0 Å². The summed E-state index contributed by atoms with van der Waals surface area (Å²) in [6.45, 7) is 5.97. The molecule has 1 fully saturated rings. The van der Waals surface area contributed by atoms with Crippen molar-refractivity contribution in [1.29, 1.82) is 0 Å². The van der Waals surface area contributed by atoms with Crippen molar-refractivity contribution in [2.45, 2.75) is 63.7 Å². The second-order valence-corrected chi connectivity index (χ2v) is 6.78. The Labute approximate surface area is 111 Å². The van der Waals surface area contributed by atoms with Crippen LogP contribution >= 0.6 is 11.8 Å². The Hall–Kier alpha value is 0.270. The molecule has 3 atom stereocenters. The van der Waals surface area contributed by atoms with Gasteiger partial charge in [0.05, 0.1) is 0 Å². The molecule has 1 aliphatic carbocycles. The molecule has 2 nitrogen and oxygen atoms in total. The van der Waals surface area contributed by atoms with Gasteiger partial charge in [-0.15, -0.1) is 0 Å². The van der Waals surface area contributed by atoms with Crippen molar-refractivity contribution in [1.82, 2.24) is 5.32 Å². The van der Waals surface area contributed by atoms with Gasteiger partial charge in [0.25, 0.3) is 0 Å². The number of rotatable bonds is 9. The molecule has 1 saturated carbocycles. The first-order valence-electron chi connectivity index (χ1n) is 7.23. The van der Waals surface area contributed by atoms with Crippen LogP contribution in [0.4, 0.5) is 0 Å². The van der Waals surface area contributed by atoms with Gasteiger partial charge in [0.2, 0.25) is 0 Å². The molecule has 3 unspecified atom stereocenters. The van der Waals surface area contributed by atoms with Crippen LogP contribution in [0.1, 0.15) is 52.4 Å². The van der Waals surface area contributed by atoms with E-state index in [2.05, 4.69) is 19.2 Å². The lowest BCUT2D eigenvalue weighted by atomic mass is 10.0. The molecule has 0 bridgehead atoms. The second-order valence-electron chi connectivity index (χ2n) is 5.23. The quantitative estimate of drug-likeness (QED) is 0.667. The minimum absolute atomic E-state index is 0.332. The first kappa shape index (κ1) is 15.3. The molecule has 1 aliphatic rings. The van der Waals surface area contributed by atoms with Crippen molar-refractivity contribution in [2.75, 3.05) is 18.9 Å². The highest BCUT2D eigenvalue weighted by Crippen LogP contribution is 2.30. The summed E-state index contributed by atoms with van der Waals surface area (Å²) in [6, 6.07) is 0.781. The van der Waals surface area contributed by atoms with Gasteiger partial charge in [0.1, 0.15) is 0 Å². The van der Waals surface area contributed by atoms with Gasteiger partial charge in [-0.25, -0.2) is 0 Å². The molecule has 0 heterocycles. The van der Waals surface area contributed by atoms with E-state index in [1.165, 1.54) is 44.4 Å². The molecule has 0 radical (unpaired) electrons. The third-order valence-corrected chi connectivity index (χ3v) is 5.02. The number of hydrogen-bond donors (Lipinski definition) is 2. The predicted molar refractivity (Wildman–Crippen MR) is 77.7 cm³/mol. The average Bonchev–Trinajstić information content (AvgIpc) is 2.74. The van der Waals surface area contributed by atoms with E-state index in [0.717, 1.165) is 18.4 Å². The van der Waals surface area contributed by atoms with Crippen LogP contribution in [0.25, 0.3) is 0 Å². The van der Waals surface area contributed by atoms with Crippen molar-refractivity contribution < 1.29 is 5.11 Å². The summed E-state index contributed by atoms with van der Waals surface area (Å²) in [5.41, 5.74) is 0. The van der Waals surface area contributed by atoms with Crippen LogP contribution < -0.4 is 5.32 Å². The molecule has 102 valence electrons. The van der Waals surface area contributed by atoms with Crippen LogP contribution in [0.2, 0.25) is 0 Å². The summed E-state index contributed by atoms with van der Waals surface area (Å²) >= 11 is 2.03. The molecule has 0 aromatic heterocycles. The van der Waals surface area contributed by atoms with Gasteiger partial charge >= 0.3 is 0 Å². The molecule has 0 spiro atoms. The first-order valence-corrected chi connectivity index (χ1v) is 8.28. The van der Waals surface area contributed by atoms with E-state index in [9.17, 15) is 0 Å². The minimum Gasteiger partial charge on any atom is -0.396 e. The third kappa shape index (κ3) is 6.12. The smallest absolute Gasteiger partial charge is 0.0441 e. The highest BCUT2D eigenvalue weighted by Gasteiger charge is 2.26. The van der Waals surface area contributed by atoms with E-state index in [1.54, 1.807) is 0 Å². The highest BCUT2D eigenvalue weighted by molar-refractivity contribution is 7.99. The van der Waals surface area contributed by atoms with Gasteiger partial charge in [0, 0.05) is 17.9 Å². The maximum Gasteiger partial charge on any atom is 0.0441 e. The summed E-state index contributed by atoms with van der Waals surface area (Å²) in [7, 11) is 0. The van der Waals surface area contributed by atoms with Gasteiger partial charge in [0.15, 0.2) is 0 Å². The fourth-order valence-electron chi connectivity index (χ4n) is 2.67. The molecular weight excluding hydrogens is 230 g/mol. The Morgan fingerprint density at radius 3 is 2.94 bits per heavy atom. The molecule has 0 saturated heterocycles. The fourth-order valence-corrected chi connectivity index (χ4v) is 3.78. The zero-order valence-corrected chi connectivity index (χ0v) is 12.3. The van der Waals surface area contributed by atoms with Crippen molar-refractivity contribution in [3.05, 3.63) is 0 Å². The van der Waals surface area contributed by atoms with E-state index >= 15 is 0 Å². The van der Waals surface area contributed by atoms with Gasteiger partial charge < -0.3 is 10.4 Å². The minimum atomic E-state index is 0.332. The monoisotopic (exact) mass is 259 g/mol. The lowest BCUT2D eigenvalue weighted by Crippen LogP contribution is -2.33. The molecule has 17 heavy (non-hydrogen) atoms. The van der Waals surface area contributed by atoms with Crippen molar-refractivity contribution in [3.63, 3.8) is 0 Å². The third-order valence-electron chi connectivity index (χ3n) is 3.74. The van der Waals surface area contributed by atoms with Gasteiger partial charge in [-0.2, -0.15) is 11.8 Å². The summed E-state index contributed by atoms with van der Waals surface area (Å²) in [6.07, 6.45) is 7.72. The zero-order chi connectivity index (χ0) is 12.5. The average molecular weight is 259 g/mol. The molecule has 0 aliphatic heterocycles. The topological polar surface area (TPSA) is 32.3 Å². The highest BCUT2D eigenvalue weighted by atomic mass is 32.2. The summed E-state index contributed by atoms with van der Waals surface area (Å²) in [5.74, 6) is 2.16. The van der Waals surface area contributed by atoms with E-state index < -0.39 is 0 Å². The maximum absolute atomic E-state index is 8.86. The lowest BCUT2D eigenvalue weighted by Gasteiger charge is -2.21. The largest absolute Gasteiger partial charge is 0.396 e. The second kappa shape index (κ2) is 9.23. The Balaban J connectivity index is 2.12. The first-order chi connectivity index (χ1) is 8.27. The van der Waals surface area contributed by atoms with Crippen LogP contribution in [0.3, 0.4) is 0 Å². The number of aliphatic hydroxyl groups excluding tert-OH is 1. The molecule has 0 aromatic carbocycles. The molecule has 1 rings (SSSR count). The predicted octanol–water partition coefficient (Wildman–Crippen LogP) is 3.05. The number of hydrogen-bond acceptors (Lipinski definition) is 3. The van der Waals surface area contributed by atoms with Crippen LogP contribution in [-0.4, -0.2) is 35.3 Å². The van der Waals surface area contributed by atoms with Gasteiger partial charge in [-0.1, -0.05) is 20.3 Å². The molecule has 0 aromatic rings. The van der Waals surface area contributed by atoms with Crippen LogP contribution in [0.15, 0.2) is 0 Å². The Kier molecular flexibility index (Phi) is 8.33. The Morgan fingerprint density at radius 2 is 2.24 bits per heavy atom. The normalized spacial score (nSPS) is 26.3. The Morgan fingerprint density at radius 1 is 1.41 bits per heavy atom. The maximum atomic E-state index is 8.86. The van der Waals surface area contributed by atoms with Crippen LogP contribution in [0, 0.1) is 5.92 Å². The van der Waals surface area contributed by atoms with Crippen molar-refractivity contribution >= 4 is 11.8 Å². The van der Waals surface area contributed by atoms with E-state index in [4.69, 9.17) is 5.11 Å². The SMILES string of the molecule is CCCNC1CCCC1CCSC(C)CCO. The number of thioether (sulfide) groups is 1. The molecule has 2 N–H and O–H groups in total. The Bertz CT molecular complexity index is 189. The van der Waals surface area contributed by atoms with Crippen molar-refractivity contribution in [2.24, 2.45) is 5.92 Å². The zero-order valence-electron chi connectivity index (χ0n) is 11.5. The number of aliphatic hydroxyl groups is 1. The molecule has 3 heteroatoms. The summed E-state index contributed by atoms with van der Waals surface area (Å²) in [4.78, 5) is 0. The summed E-state index contributed by atoms with van der Waals surface area (Å²) in [5, 5.41) is 13.2. The summed E-state index contributed by atoms with van der Waals surface area (Å²) < 4.78 is 0. The fraction of sp³-hybridized carbons (Fsp3) is 1.00. The van der Waals surface area contributed by atoms with Crippen LogP contribution in [-0.2, 0) is 0 Å². The van der Waals surface area contributed by atoms with E-state index in [0.29, 0.717) is 11.9 Å². The van der Waals surface area contributed by atoms with Gasteiger partial charge in [-0.05, 0) is 50.3 Å². The van der Waals surface area contributed by atoms with Gasteiger partial charge in [-0.3, -0.25) is 0 Å². The van der Waals surface area contributed by atoms with E-state index in [1.807, 2.05) is 11.8 Å². The standard InChI is InChI=1S/C14H29NOS/c1-3-9-15-14-6-4-5-13(14)8-11-17-12(2)7-10-16/h12-16H,3-11H2,1-2H3. The van der Waals surface area contributed by atoms with Crippen LogP contribution in [0.5, 0.6) is 0 Å². The van der Waals surface area contributed by atoms with E-state index in [-0.39, 0.29) is 0 Å². The number of nitrogens with one attached hydrogen (secondary N) is 1. The lowest BCUT2D eigenvalue weighted by molar-refractivity contribution is 0.289.